The number of carbonyl (C=O) groups excluding carboxylic acids is 1. The SMILES string of the molecule is COc1ccc2[nH]cc(C3CCN(C(=O)[C@H](C)NS(=O)(=O)c4ccccc4)CC3)c2c1. The molecule has 0 bridgehead atoms. The summed E-state index contributed by atoms with van der Waals surface area (Å²) in [5, 5.41) is 1.15. The van der Waals surface area contributed by atoms with E-state index in [1.807, 2.05) is 24.4 Å². The molecule has 0 spiro atoms. The molecule has 1 aromatic heterocycles. The van der Waals surface area contributed by atoms with Crippen molar-refractivity contribution in [3.8, 4) is 5.75 Å². The molecule has 7 nitrogen and oxygen atoms in total. The second-order valence-electron chi connectivity index (χ2n) is 7.91. The van der Waals surface area contributed by atoms with Gasteiger partial charge in [-0.1, -0.05) is 18.2 Å². The molecule has 8 heteroatoms. The number of ether oxygens (including phenoxy) is 1. The number of likely N-dealkylation sites (tertiary alicyclic amines) is 1. The maximum atomic E-state index is 12.9. The Hall–Kier alpha value is -2.84. The average molecular weight is 442 g/mol. The minimum Gasteiger partial charge on any atom is -0.497 e. The standard InChI is InChI=1S/C23H27N3O4S/c1-16(25-31(28,29)19-6-4-3-5-7-19)23(27)26-12-10-17(11-13-26)21-15-24-22-9-8-18(30-2)14-20(21)22/h3-9,14-17,24-25H,10-13H2,1-2H3/t16-/m0/s1. The molecule has 2 aromatic carbocycles. The molecule has 164 valence electrons. The van der Waals surface area contributed by atoms with E-state index in [1.54, 1.807) is 37.1 Å². The largest absolute Gasteiger partial charge is 0.497 e. The van der Waals surface area contributed by atoms with Crippen molar-refractivity contribution in [1.29, 1.82) is 0 Å². The third kappa shape index (κ3) is 4.45. The topological polar surface area (TPSA) is 91.5 Å². The van der Waals surface area contributed by atoms with Gasteiger partial charge in [-0.05, 0) is 61.6 Å². The molecule has 2 N–H and O–H groups in total. The van der Waals surface area contributed by atoms with Gasteiger partial charge >= 0.3 is 0 Å². The number of hydrogen-bond acceptors (Lipinski definition) is 4. The predicted octanol–water partition coefficient (Wildman–Crippen LogP) is 3.25. The van der Waals surface area contributed by atoms with E-state index in [4.69, 9.17) is 4.74 Å². The number of H-pyrrole nitrogens is 1. The van der Waals surface area contributed by atoms with E-state index in [0.29, 0.717) is 19.0 Å². The highest BCUT2D eigenvalue weighted by Gasteiger charge is 2.30. The molecule has 0 saturated carbocycles. The van der Waals surface area contributed by atoms with Crippen LogP contribution in [-0.4, -0.2) is 50.5 Å². The van der Waals surface area contributed by atoms with Gasteiger partial charge in [0.1, 0.15) is 5.75 Å². The van der Waals surface area contributed by atoms with Crippen LogP contribution in [0.25, 0.3) is 10.9 Å². The maximum absolute atomic E-state index is 12.9. The number of sulfonamides is 1. The number of carbonyl (C=O) groups is 1. The highest BCUT2D eigenvalue weighted by molar-refractivity contribution is 7.89. The Morgan fingerprint density at radius 2 is 1.87 bits per heavy atom. The number of hydrogen-bond donors (Lipinski definition) is 2. The predicted molar refractivity (Wildman–Crippen MR) is 120 cm³/mol. The molecule has 4 rings (SSSR count). The summed E-state index contributed by atoms with van der Waals surface area (Å²) in [5.41, 5.74) is 2.30. The highest BCUT2D eigenvalue weighted by Crippen LogP contribution is 2.34. The molecule has 0 radical (unpaired) electrons. The van der Waals surface area contributed by atoms with Gasteiger partial charge < -0.3 is 14.6 Å². The fourth-order valence-corrected chi connectivity index (χ4v) is 5.44. The van der Waals surface area contributed by atoms with Crippen molar-refractivity contribution in [3.05, 3.63) is 60.3 Å². The lowest BCUT2D eigenvalue weighted by atomic mass is 9.89. The van der Waals surface area contributed by atoms with Gasteiger partial charge in [-0.15, -0.1) is 0 Å². The van der Waals surface area contributed by atoms with Crippen LogP contribution >= 0.6 is 0 Å². The van der Waals surface area contributed by atoms with E-state index in [-0.39, 0.29) is 10.8 Å². The third-order valence-corrected chi connectivity index (χ3v) is 7.48. The van der Waals surface area contributed by atoms with Crippen molar-refractivity contribution < 1.29 is 17.9 Å². The quantitative estimate of drug-likeness (QED) is 0.614. The molecular weight excluding hydrogens is 414 g/mol. The molecule has 1 amide bonds. The van der Waals surface area contributed by atoms with E-state index in [0.717, 1.165) is 29.5 Å². The molecule has 1 saturated heterocycles. The molecule has 1 fully saturated rings. The van der Waals surface area contributed by atoms with E-state index in [9.17, 15) is 13.2 Å². The van der Waals surface area contributed by atoms with Crippen molar-refractivity contribution >= 4 is 26.8 Å². The van der Waals surface area contributed by atoms with E-state index in [2.05, 4.69) is 9.71 Å². The fraction of sp³-hybridized carbons (Fsp3) is 0.348. The smallest absolute Gasteiger partial charge is 0.241 e. The molecule has 1 atom stereocenters. The first-order valence-corrected chi connectivity index (χ1v) is 11.9. The van der Waals surface area contributed by atoms with Gasteiger partial charge in [-0.2, -0.15) is 4.72 Å². The molecule has 1 aliphatic heterocycles. The van der Waals surface area contributed by atoms with E-state index < -0.39 is 16.1 Å². The zero-order valence-corrected chi connectivity index (χ0v) is 18.5. The number of nitrogens with one attached hydrogen (secondary N) is 2. The molecule has 31 heavy (non-hydrogen) atoms. The number of nitrogens with zero attached hydrogens (tertiary/aromatic N) is 1. The van der Waals surface area contributed by atoms with Crippen LogP contribution in [-0.2, 0) is 14.8 Å². The molecule has 2 heterocycles. The Bertz CT molecular complexity index is 1170. The summed E-state index contributed by atoms with van der Waals surface area (Å²) in [6.45, 7) is 2.79. The number of fused-ring (bicyclic) bond motifs is 1. The van der Waals surface area contributed by atoms with Crippen molar-refractivity contribution in [2.75, 3.05) is 20.2 Å². The summed E-state index contributed by atoms with van der Waals surface area (Å²) >= 11 is 0. The number of aromatic nitrogens is 1. The summed E-state index contributed by atoms with van der Waals surface area (Å²) in [5.74, 6) is 0.959. The summed E-state index contributed by atoms with van der Waals surface area (Å²) in [6, 6.07) is 13.3. The van der Waals surface area contributed by atoms with Gasteiger partial charge in [-0.25, -0.2) is 8.42 Å². The average Bonchev–Trinajstić information content (AvgIpc) is 3.22. The van der Waals surface area contributed by atoms with E-state index in [1.165, 1.54) is 17.7 Å². The van der Waals surface area contributed by atoms with Crippen molar-refractivity contribution in [2.45, 2.75) is 36.6 Å². The van der Waals surface area contributed by atoms with Crippen LogP contribution in [0.3, 0.4) is 0 Å². The van der Waals surface area contributed by atoms with Crippen LogP contribution in [0.15, 0.2) is 59.6 Å². The summed E-state index contributed by atoms with van der Waals surface area (Å²) in [4.78, 5) is 18.1. The molecule has 3 aromatic rings. The summed E-state index contributed by atoms with van der Waals surface area (Å²) < 4.78 is 32.9. The number of methoxy groups -OCH3 is 1. The van der Waals surface area contributed by atoms with Gasteiger partial charge in [0, 0.05) is 30.2 Å². The monoisotopic (exact) mass is 441 g/mol. The Morgan fingerprint density at radius 1 is 1.16 bits per heavy atom. The molecule has 0 unspecified atom stereocenters. The number of rotatable bonds is 6. The van der Waals surface area contributed by atoms with Crippen molar-refractivity contribution in [3.63, 3.8) is 0 Å². The van der Waals surface area contributed by atoms with Crippen LogP contribution in [0.2, 0.25) is 0 Å². The van der Waals surface area contributed by atoms with E-state index >= 15 is 0 Å². The highest BCUT2D eigenvalue weighted by atomic mass is 32.2. The van der Waals surface area contributed by atoms with Gasteiger partial charge in [0.25, 0.3) is 0 Å². The molecule has 1 aliphatic rings. The molecule has 0 aliphatic carbocycles. The zero-order valence-electron chi connectivity index (χ0n) is 17.7. The lowest BCUT2D eigenvalue weighted by molar-refractivity contribution is -0.133. The second kappa shape index (κ2) is 8.72. The summed E-state index contributed by atoms with van der Waals surface area (Å²) in [7, 11) is -2.08. The van der Waals surface area contributed by atoms with Crippen LogP contribution in [0, 0.1) is 0 Å². The Labute approximate surface area is 182 Å². The second-order valence-corrected chi connectivity index (χ2v) is 9.63. The number of amides is 1. The molecular formula is C23H27N3O4S. The van der Waals surface area contributed by atoms with Gasteiger partial charge in [-0.3, -0.25) is 4.79 Å². The minimum absolute atomic E-state index is 0.156. The van der Waals surface area contributed by atoms with Crippen LogP contribution < -0.4 is 9.46 Å². The number of aromatic amines is 1. The lowest BCUT2D eigenvalue weighted by Gasteiger charge is -2.33. The first-order chi connectivity index (χ1) is 14.9. The Balaban J connectivity index is 1.40. The fourth-order valence-electron chi connectivity index (χ4n) is 4.22. The van der Waals surface area contributed by atoms with Gasteiger partial charge in [0.2, 0.25) is 15.9 Å². The third-order valence-electron chi connectivity index (χ3n) is 5.92. The van der Waals surface area contributed by atoms with Gasteiger partial charge in [0.05, 0.1) is 18.0 Å². The van der Waals surface area contributed by atoms with Crippen molar-refractivity contribution in [1.82, 2.24) is 14.6 Å². The first-order valence-electron chi connectivity index (χ1n) is 10.4. The minimum atomic E-state index is -3.73. The van der Waals surface area contributed by atoms with Crippen LogP contribution in [0.5, 0.6) is 5.75 Å². The Morgan fingerprint density at radius 3 is 2.55 bits per heavy atom. The summed E-state index contributed by atoms with van der Waals surface area (Å²) in [6.07, 6.45) is 3.70. The van der Waals surface area contributed by atoms with Crippen LogP contribution in [0.1, 0.15) is 31.2 Å². The van der Waals surface area contributed by atoms with Crippen LogP contribution in [0.4, 0.5) is 0 Å². The Kier molecular flexibility index (Phi) is 6.02. The zero-order chi connectivity index (χ0) is 22.0. The van der Waals surface area contributed by atoms with Crippen molar-refractivity contribution in [2.24, 2.45) is 0 Å². The number of piperidine rings is 1. The van der Waals surface area contributed by atoms with Gasteiger partial charge in [0.15, 0.2) is 0 Å². The number of benzene rings is 2. The lowest BCUT2D eigenvalue weighted by Crippen LogP contribution is -2.49. The normalized spacial score (nSPS) is 16.4. The maximum Gasteiger partial charge on any atom is 0.241 e. The first kappa shape index (κ1) is 21.4.